The van der Waals surface area contributed by atoms with Crippen LogP contribution >= 0.6 is 0 Å². The van der Waals surface area contributed by atoms with Crippen LogP contribution in [0.3, 0.4) is 0 Å². The fourth-order valence-corrected chi connectivity index (χ4v) is 2.14. The van der Waals surface area contributed by atoms with Crippen molar-refractivity contribution in [3.63, 3.8) is 0 Å². The number of rotatable bonds is 4. The summed E-state index contributed by atoms with van der Waals surface area (Å²) < 4.78 is 7.18. The van der Waals surface area contributed by atoms with Gasteiger partial charge in [-0.3, -0.25) is 10.1 Å². The third-order valence-electron chi connectivity index (χ3n) is 2.97. The zero-order valence-corrected chi connectivity index (χ0v) is 11.2. The number of aromatic nitrogens is 1. The SMILES string of the molecule is CCOc1ccc(-n2c(C)ccc2C)c([N+](=O)[O-])c1. The minimum Gasteiger partial charge on any atom is -0.494 e. The third-order valence-corrected chi connectivity index (χ3v) is 2.97. The highest BCUT2D eigenvalue weighted by Gasteiger charge is 2.18. The van der Waals surface area contributed by atoms with E-state index in [0.717, 1.165) is 11.4 Å². The summed E-state index contributed by atoms with van der Waals surface area (Å²) in [7, 11) is 0. The summed E-state index contributed by atoms with van der Waals surface area (Å²) >= 11 is 0. The molecule has 1 aromatic carbocycles. The van der Waals surface area contributed by atoms with E-state index >= 15 is 0 Å². The van der Waals surface area contributed by atoms with Crippen LogP contribution in [0.15, 0.2) is 30.3 Å². The summed E-state index contributed by atoms with van der Waals surface area (Å²) in [6, 6.07) is 8.83. The molecule has 5 nitrogen and oxygen atoms in total. The number of hydrogen-bond donors (Lipinski definition) is 0. The van der Waals surface area contributed by atoms with Gasteiger partial charge in [0.15, 0.2) is 0 Å². The van der Waals surface area contributed by atoms with Gasteiger partial charge in [-0.2, -0.15) is 0 Å². The topological polar surface area (TPSA) is 57.3 Å². The van der Waals surface area contributed by atoms with E-state index in [9.17, 15) is 10.1 Å². The lowest BCUT2D eigenvalue weighted by Gasteiger charge is -2.11. The Balaban J connectivity index is 2.60. The lowest BCUT2D eigenvalue weighted by atomic mass is 10.2. The maximum absolute atomic E-state index is 11.2. The van der Waals surface area contributed by atoms with Crippen molar-refractivity contribution in [3.8, 4) is 11.4 Å². The first-order valence-corrected chi connectivity index (χ1v) is 6.11. The number of hydrogen-bond acceptors (Lipinski definition) is 3. The second-order valence-electron chi connectivity index (χ2n) is 4.29. The van der Waals surface area contributed by atoms with Crippen LogP contribution in [-0.4, -0.2) is 16.1 Å². The van der Waals surface area contributed by atoms with E-state index in [1.807, 2.05) is 37.5 Å². The molecule has 0 amide bonds. The molecule has 5 heteroatoms. The largest absolute Gasteiger partial charge is 0.494 e. The molecule has 19 heavy (non-hydrogen) atoms. The molecule has 0 bridgehead atoms. The van der Waals surface area contributed by atoms with Gasteiger partial charge in [0.25, 0.3) is 5.69 Å². The van der Waals surface area contributed by atoms with Crippen molar-refractivity contribution in [1.82, 2.24) is 4.57 Å². The molecule has 2 rings (SSSR count). The zero-order valence-electron chi connectivity index (χ0n) is 11.2. The normalized spacial score (nSPS) is 10.5. The predicted octanol–water partition coefficient (Wildman–Crippen LogP) is 3.40. The Morgan fingerprint density at radius 1 is 1.21 bits per heavy atom. The summed E-state index contributed by atoms with van der Waals surface area (Å²) in [5.41, 5.74) is 2.54. The van der Waals surface area contributed by atoms with Crippen molar-refractivity contribution in [1.29, 1.82) is 0 Å². The highest BCUT2D eigenvalue weighted by molar-refractivity contribution is 5.57. The Hall–Kier alpha value is -2.30. The number of nitro groups is 1. The minimum atomic E-state index is -0.378. The molecule has 0 N–H and O–H groups in total. The van der Waals surface area contributed by atoms with E-state index in [1.54, 1.807) is 12.1 Å². The summed E-state index contributed by atoms with van der Waals surface area (Å²) in [4.78, 5) is 10.9. The average molecular weight is 260 g/mol. The van der Waals surface area contributed by atoms with Crippen LogP contribution in [0.2, 0.25) is 0 Å². The first-order valence-electron chi connectivity index (χ1n) is 6.11. The van der Waals surface area contributed by atoms with Gasteiger partial charge in [-0.15, -0.1) is 0 Å². The van der Waals surface area contributed by atoms with Crippen molar-refractivity contribution in [2.45, 2.75) is 20.8 Å². The van der Waals surface area contributed by atoms with Gasteiger partial charge in [0.05, 0.1) is 17.6 Å². The second kappa shape index (κ2) is 5.14. The molecule has 0 aliphatic heterocycles. The molecular formula is C14H16N2O3. The van der Waals surface area contributed by atoms with Gasteiger partial charge < -0.3 is 9.30 Å². The van der Waals surface area contributed by atoms with E-state index in [2.05, 4.69) is 0 Å². The summed E-state index contributed by atoms with van der Waals surface area (Å²) in [5.74, 6) is 0.514. The van der Waals surface area contributed by atoms with Gasteiger partial charge in [-0.05, 0) is 45.0 Å². The molecular weight excluding hydrogens is 244 g/mol. The second-order valence-corrected chi connectivity index (χ2v) is 4.29. The molecule has 0 atom stereocenters. The van der Waals surface area contributed by atoms with Crippen molar-refractivity contribution in [2.75, 3.05) is 6.61 Å². The van der Waals surface area contributed by atoms with Crippen molar-refractivity contribution >= 4 is 5.69 Å². The Labute approximate surface area is 111 Å². The molecule has 0 saturated heterocycles. The van der Waals surface area contributed by atoms with Crippen LogP contribution in [-0.2, 0) is 0 Å². The molecule has 0 aliphatic rings. The van der Waals surface area contributed by atoms with Crippen molar-refractivity contribution in [2.24, 2.45) is 0 Å². The van der Waals surface area contributed by atoms with Crippen LogP contribution in [0, 0.1) is 24.0 Å². The molecule has 0 saturated carbocycles. The predicted molar refractivity (Wildman–Crippen MR) is 73.1 cm³/mol. The van der Waals surface area contributed by atoms with Crippen LogP contribution in [0.1, 0.15) is 18.3 Å². The van der Waals surface area contributed by atoms with E-state index in [0.29, 0.717) is 18.0 Å². The fourth-order valence-electron chi connectivity index (χ4n) is 2.14. The van der Waals surface area contributed by atoms with Crippen molar-refractivity contribution < 1.29 is 9.66 Å². The van der Waals surface area contributed by atoms with Gasteiger partial charge in [0, 0.05) is 11.4 Å². The fraction of sp³-hybridized carbons (Fsp3) is 0.286. The van der Waals surface area contributed by atoms with Gasteiger partial charge in [-0.1, -0.05) is 0 Å². The molecule has 1 aromatic heterocycles. The smallest absolute Gasteiger partial charge is 0.296 e. The number of benzene rings is 1. The van der Waals surface area contributed by atoms with E-state index in [1.165, 1.54) is 6.07 Å². The first kappa shape index (κ1) is 13.1. The molecule has 0 spiro atoms. The van der Waals surface area contributed by atoms with Gasteiger partial charge in [0.2, 0.25) is 0 Å². The number of nitrogens with zero attached hydrogens (tertiary/aromatic N) is 2. The minimum absolute atomic E-state index is 0.0494. The molecule has 1 heterocycles. The quantitative estimate of drug-likeness (QED) is 0.625. The van der Waals surface area contributed by atoms with Gasteiger partial charge in [-0.25, -0.2) is 0 Å². The Bertz CT molecular complexity index is 598. The molecule has 0 fully saturated rings. The first-order chi connectivity index (χ1) is 9.04. The zero-order chi connectivity index (χ0) is 14.0. The van der Waals surface area contributed by atoms with E-state index in [-0.39, 0.29) is 10.6 Å². The highest BCUT2D eigenvalue weighted by Crippen LogP contribution is 2.30. The lowest BCUT2D eigenvalue weighted by molar-refractivity contribution is -0.384. The van der Waals surface area contributed by atoms with E-state index < -0.39 is 0 Å². The number of nitro benzene ring substituents is 1. The van der Waals surface area contributed by atoms with E-state index in [4.69, 9.17) is 4.74 Å². The monoisotopic (exact) mass is 260 g/mol. The summed E-state index contributed by atoms with van der Waals surface area (Å²) in [6.45, 7) is 6.18. The average Bonchev–Trinajstić information content (AvgIpc) is 2.70. The van der Waals surface area contributed by atoms with Gasteiger partial charge >= 0.3 is 0 Å². The summed E-state index contributed by atoms with van der Waals surface area (Å²) in [6.07, 6.45) is 0. The molecule has 100 valence electrons. The van der Waals surface area contributed by atoms with Gasteiger partial charge in [0.1, 0.15) is 11.4 Å². The Morgan fingerprint density at radius 2 is 1.84 bits per heavy atom. The van der Waals surface area contributed by atoms with Crippen LogP contribution in [0.25, 0.3) is 5.69 Å². The number of ether oxygens (including phenoxy) is 1. The molecule has 0 aliphatic carbocycles. The van der Waals surface area contributed by atoms with Crippen molar-refractivity contribution in [3.05, 3.63) is 51.8 Å². The maximum Gasteiger partial charge on any atom is 0.296 e. The standard InChI is InChI=1S/C14H16N2O3/c1-4-19-12-7-8-13(14(9-12)16(17)18)15-10(2)5-6-11(15)3/h5-9H,4H2,1-3H3. The highest BCUT2D eigenvalue weighted by atomic mass is 16.6. The summed E-state index contributed by atoms with van der Waals surface area (Å²) in [5, 5.41) is 11.2. The molecule has 0 radical (unpaired) electrons. The molecule has 0 unspecified atom stereocenters. The Morgan fingerprint density at radius 3 is 2.37 bits per heavy atom. The Kier molecular flexibility index (Phi) is 3.55. The van der Waals surface area contributed by atoms with Crippen LogP contribution < -0.4 is 4.74 Å². The third kappa shape index (κ3) is 2.45. The number of aryl methyl sites for hydroxylation is 2. The maximum atomic E-state index is 11.2. The van der Waals surface area contributed by atoms with Crippen LogP contribution in [0.5, 0.6) is 5.75 Å². The van der Waals surface area contributed by atoms with Crippen LogP contribution in [0.4, 0.5) is 5.69 Å². The lowest BCUT2D eigenvalue weighted by Crippen LogP contribution is -2.04. The molecule has 2 aromatic rings.